The summed E-state index contributed by atoms with van der Waals surface area (Å²) in [5.41, 5.74) is 1.40. The van der Waals surface area contributed by atoms with Crippen molar-refractivity contribution in [3.63, 3.8) is 0 Å². The smallest absolute Gasteiger partial charge is 0.0205 e. The molecule has 1 N–H and O–H groups in total. The van der Waals surface area contributed by atoms with E-state index in [4.69, 9.17) is 0 Å². The first-order valence-electron chi connectivity index (χ1n) is 6.30. The maximum Gasteiger partial charge on any atom is 0.0205 e. The summed E-state index contributed by atoms with van der Waals surface area (Å²) in [7, 11) is 0. The monoisotopic (exact) mass is 267 g/mol. The minimum Gasteiger partial charge on any atom is -0.312 e. The van der Waals surface area contributed by atoms with Crippen molar-refractivity contribution in [1.29, 1.82) is 0 Å². The van der Waals surface area contributed by atoms with Crippen LogP contribution in [0.25, 0.3) is 0 Å². The first-order chi connectivity index (χ1) is 8.38. The van der Waals surface area contributed by atoms with E-state index in [0.717, 1.165) is 12.5 Å². The minimum absolute atomic E-state index is 0.904. The van der Waals surface area contributed by atoms with Gasteiger partial charge in [0.05, 0.1) is 0 Å². The normalized spacial score (nSPS) is 17.2. The number of rotatable bonds is 5. The molecule has 1 nitrogen and oxygen atoms in total. The summed E-state index contributed by atoms with van der Waals surface area (Å²) in [6.07, 6.45) is 4.90. The number of nitrogens with one attached hydrogen (secondary N) is 1. The van der Waals surface area contributed by atoms with E-state index in [1.165, 1.54) is 41.4 Å². The summed E-state index contributed by atoms with van der Waals surface area (Å²) in [5, 5.41) is 3.59. The number of benzene rings is 1. The molecule has 1 fully saturated rings. The second kappa shape index (κ2) is 7.34. The third-order valence-electron chi connectivity index (χ3n) is 3.26. The largest absolute Gasteiger partial charge is 0.312 e. The van der Waals surface area contributed by atoms with Crippen molar-refractivity contribution < 1.29 is 0 Å². The lowest BCUT2D eigenvalue weighted by atomic mass is 10.0. The Hall–Kier alpha value is -0.120. The molecule has 0 atom stereocenters. The number of hydrogen-bond donors (Lipinski definition) is 1. The van der Waals surface area contributed by atoms with Gasteiger partial charge in [-0.05, 0) is 60.8 Å². The molecule has 2 rings (SSSR count). The zero-order valence-corrected chi connectivity index (χ0v) is 12.1. The summed E-state index contributed by atoms with van der Waals surface area (Å²) in [6.45, 7) is 2.20. The SMILES string of the molecule is CSc1ccc(CNCC2CCSCC2)cc1. The summed E-state index contributed by atoms with van der Waals surface area (Å²) in [5.74, 6) is 3.62. The van der Waals surface area contributed by atoms with Gasteiger partial charge in [0.25, 0.3) is 0 Å². The summed E-state index contributed by atoms with van der Waals surface area (Å²) in [6, 6.07) is 8.88. The first-order valence-corrected chi connectivity index (χ1v) is 8.68. The quantitative estimate of drug-likeness (QED) is 0.818. The fourth-order valence-corrected chi connectivity index (χ4v) is 3.73. The van der Waals surface area contributed by atoms with Crippen LogP contribution in [0.5, 0.6) is 0 Å². The molecule has 17 heavy (non-hydrogen) atoms. The van der Waals surface area contributed by atoms with Gasteiger partial charge >= 0.3 is 0 Å². The fourth-order valence-electron chi connectivity index (χ4n) is 2.11. The summed E-state index contributed by atoms with van der Waals surface area (Å²) >= 11 is 3.90. The molecule has 0 saturated carbocycles. The third kappa shape index (κ3) is 4.57. The molecule has 0 radical (unpaired) electrons. The highest BCUT2D eigenvalue weighted by molar-refractivity contribution is 7.99. The molecule has 1 heterocycles. The van der Waals surface area contributed by atoms with Crippen molar-refractivity contribution in [2.75, 3.05) is 24.3 Å². The van der Waals surface area contributed by atoms with Crippen LogP contribution in [0.3, 0.4) is 0 Å². The van der Waals surface area contributed by atoms with Gasteiger partial charge in [0.1, 0.15) is 0 Å². The van der Waals surface area contributed by atoms with Crippen LogP contribution in [-0.2, 0) is 6.54 Å². The van der Waals surface area contributed by atoms with E-state index >= 15 is 0 Å². The lowest BCUT2D eigenvalue weighted by Crippen LogP contribution is -2.25. The van der Waals surface area contributed by atoms with Crippen LogP contribution >= 0.6 is 23.5 Å². The van der Waals surface area contributed by atoms with Gasteiger partial charge in [-0.25, -0.2) is 0 Å². The third-order valence-corrected chi connectivity index (χ3v) is 5.05. The van der Waals surface area contributed by atoms with Gasteiger partial charge in [0.2, 0.25) is 0 Å². The van der Waals surface area contributed by atoms with Gasteiger partial charge in [0, 0.05) is 11.4 Å². The molecule has 0 unspecified atom stereocenters. The highest BCUT2D eigenvalue weighted by Gasteiger charge is 2.12. The predicted octanol–water partition coefficient (Wildman–Crippen LogP) is 3.64. The maximum atomic E-state index is 3.59. The van der Waals surface area contributed by atoms with Crippen LogP contribution in [0.2, 0.25) is 0 Å². The molecule has 3 heteroatoms. The predicted molar refractivity (Wildman–Crippen MR) is 80.0 cm³/mol. The van der Waals surface area contributed by atoms with E-state index in [0.29, 0.717) is 0 Å². The van der Waals surface area contributed by atoms with Gasteiger partial charge in [-0.1, -0.05) is 12.1 Å². The molecule has 0 amide bonds. The average molecular weight is 267 g/mol. The van der Waals surface area contributed by atoms with Crippen LogP contribution in [-0.4, -0.2) is 24.3 Å². The van der Waals surface area contributed by atoms with Gasteiger partial charge in [-0.15, -0.1) is 11.8 Å². The van der Waals surface area contributed by atoms with Crippen molar-refractivity contribution in [3.05, 3.63) is 29.8 Å². The van der Waals surface area contributed by atoms with Crippen LogP contribution in [0.1, 0.15) is 18.4 Å². The Balaban J connectivity index is 1.69. The van der Waals surface area contributed by atoms with Crippen molar-refractivity contribution in [3.8, 4) is 0 Å². The Kier molecular flexibility index (Phi) is 5.75. The Labute approximate surface area is 113 Å². The van der Waals surface area contributed by atoms with Gasteiger partial charge in [0.15, 0.2) is 0 Å². The first kappa shape index (κ1) is 13.3. The molecule has 1 saturated heterocycles. The van der Waals surface area contributed by atoms with Gasteiger partial charge in [-0.2, -0.15) is 11.8 Å². The molecule has 0 spiro atoms. The molecule has 0 aliphatic carbocycles. The topological polar surface area (TPSA) is 12.0 Å². The second-order valence-electron chi connectivity index (χ2n) is 4.53. The van der Waals surface area contributed by atoms with E-state index in [2.05, 4.69) is 47.6 Å². The maximum absolute atomic E-state index is 3.59. The summed E-state index contributed by atoms with van der Waals surface area (Å²) < 4.78 is 0. The lowest BCUT2D eigenvalue weighted by molar-refractivity contribution is 0.447. The second-order valence-corrected chi connectivity index (χ2v) is 6.64. The van der Waals surface area contributed by atoms with Crippen molar-refractivity contribution in [1.82, 2.24) is 5.32 Å². The van der Waals surface area contributed by atoms with Crippen LogP contribution in [0.4, 0.5) is 0 Å². The molecule has 1 aromatic carbocycles. The Morgan fingerprint density at radius 1 is 1.24 bits per heavy atom. The lowest BCUT2D eigenvalue weighted by Gasteiger charge is -2.21. The Morgan fingerprint density at radius 3 is 2.59 bits per heavy atom. The summed E-state index contributed by atoms with van der Waals surface area (Å²) in [4.78, 5) is 1.35. The van der Waals surface area contributed by atoms with E-state index in [-0.39, 0.29) is 0 Å². The average Bonchev–Trinajstić information content (AvgIpc) is 2.41. The molecule has 0 aromatic heterocycles. The number of thioether (sulfide) groups is 2. The zero-order chi connectivity index (χ0) is 11.9. The molecular weight excluding hydrogens is 246 g/mol. The molecule has 1 aliphatic heterocycles. The van der Waals surface area contributed by atoms with Crippen molar-refractivity contribution in [2.45, 2.75) is 24.3 Å². The van der Waals surface area contributed by atoms with E-state index < -0.39 is 0 Å². The Bertz CT molecular complexity index is 317. The van der Waals surface area contributed by atoms with E-state index in [9.17, 15) is 0 Å². The standard InChI is InChI=1S/C14H21NS2/c1-16-14-4-2-12(3-5-14)10-15-11-13-6-8-17-9-7-13/h2-5,13,15H,6-11H2,1H3. The highest BCUT2D eigenvalue weighted by Crippen LogP contribution is 2.22. The van der Waals surface area contributed by atoms with E-state index in [1.54, 1.807) is 11.8 Å². The van der Waals surface area contributed by atoms with Crippen molar-refractivity contribution >= 4 is 23.5 Å². The molecule has 1 aliphatic rings. The molecular formula is C14H21NS2. The zero-order valence-electron chi connectivity index (χ0n) is 10.4. The van der Waals surface area contributed by atoms with Crippen LogP contribution in [0, 0.1) is 5.92 Å². The van der Waals surface area contributed by atoms with E-state index in [1.807, 2.05) is 0 Å². The Morgan fingerprint density at radius 2 is 1.94 bits per heavy atom. The van der Waals surface area contributed by atoms with Gasteiger partial charge in [-0.3, -0.25) is 0 Å². The highest BCUT2D eigenvalue weighted by atomic mass is 32.2. The molecule has 0 bridgehead atoms. The van der Waals surface area contributed by atoms with Crippen LogP contribution in [0.15, 0.2) is 29.2 Å². The van der Waals surface area contributed by atoms with Crippen LogP contribution < -0.4 is 5.32 Å². The van der Waals surface area contributed by atoms with Crippen molar-refractivity contribution in [2.24, 2.45) is 5.92 Å². The molecule has 94 valence electrons. The van der Waals surface area contributed by atoms with Gasteiger partial charge < -0.3 is 5.32 Å². The fraction of sp³-hybridized carbons (Fsp3) is 0.571. The number of hydrogen-bond acceptors (Lipinski definition) is 3. The molecule has 1 aromatic rings. The minimum atomic E-state index is 0.904.